The van der Waals surface area contributed by atoms with Gasteiger partial charge in [0.2, 0.25) is 0 Å². The van der Waals surface area contributed by atoms with E-state index < -0.39 is 0 Å². The molecule has 1 aromatic carbocycles. The van der Waals surface area contributed by atoms with E-state index in [0.717, 1.165) is 21.0 Å². The molecule has 1 aliphatic rings. The van der Waals surface area contributed by atoms with Crippen molar-refractivity contribution in [3.8, 4) is 6.07 Å². The lowest BCUT2D eigenvalue weighted by atomic mass is 9.94. The van der Waals surface area contributed by atoms with Crippen LogP contribution in [0.2, 0.25) is 0 Å². The number of anilines is 1. The van der Waals surface area contributed by atoms with E-state index in [1.807, 2.05) is 30.0 Å². The third kappa shape index (κ3) is 3.43. The zero-order chi connectivity index (χ0) is 13.0. The molecule has 2 unspecified atom stereocenters. The number of nitriles is 1. The van der Waals surface area contributed by atoms with Crippen LogP contribution < -0.4 is 5.32 Å². The van der Waals surface area contributed by atoms with Gasteiger partial charge in [-0.25, -0.2) is 0 Å². The van der Waals surface area contributed by atoms with Gasteiger partial charge in [0.05, 0.1) is 11.3 Å². The van der Waals surface area contributed by atoms with Crippen LogP contribution in [0.1, 0.15) is 31.2 Å². The lowest BCUT2D eigenvalue weighted by Gasteiger charge is -2.29. The molecule has 0 aliphatic heterocycles. The molecular formula is C14H17BrN2S. The van der Waals surface area contributed by atoms with Crippen molar-refractivity contribution in [1.29, 1.82) is 5.26 Å². The Morgan fingerprint density at radius 1 is 1.44 bits per heavy atom. The van der Waals surface area contributed by atoms with Gasteiger partial charge in [0, 0.05) is 15.8 Å². The SMILES string of the molecule is CSC1CCCC(Nc2cc(Br)ccc2C#N)C1. The van der Waals surface area contributed by atoms with Crippen molar-refractivity contribution in [3.63, 3.8) is 0 Å². The maximum Gasteiger partial charge on any atom is 0.101 e. The van der Waals surface area contributed by atoms with Crippen molar-refractivity contribution >= 4 is 33.4 Å². The summed E-state index contributed by atoms with van der Waals surface area (Å²) in [6.45, 7) is 0. The predicted molar refractivity (Wildman–Crippen MR) is 82.0 cm³/mol. The van der Waals surface area contributed by atoms with E-state index in [4.69, 9.17) is 5.26 Å². The van der Waals surface area contributed by atoms with Crippen molar-refractivity contribution in [3.05, 3.63) is 28.2 Å². The van der Waals surface area contributed by atoms with E-state index in [0.29, 0.717) is 6.04 Å². The molecule has 1 saturated carbocycles. The summed E-state index contributed by atoms with van der Waals surface area (Å²) in [5, 5.41) is 13.4. The van der Waals surface area contributed by atoms with Crippen LogP contribution in [0.5, 0.6) is 0 Å². The molecule has 1 N–H and O–H groups in total. The van der Waals surface area contributed by atoms with Crippen molar-refractivity contribution < 1.29 is 0 Å². The number of benzene rings is 1. The van der Waals surface area contributed by atoms with Crippen LogP contribution in [0.15, 0.2) is 22.7 Å². The average Bonchev–Trinajstić information content (AvgIpc) is 2.39. The standard InChI is InChI=1S/C14H17BrN2S/c1-18-13-4-2-3-12(8-13)17-14-7-11(15)6-5-10(14)9-16/h5-7,12-13,17H,2-4,8H2,1H3. The number of thioether (sulfide) groups is 1. The summed E-state index contributed by atoms with van der Waals surface area (Å²) in [6.07, 6.45) is 7.18. The Kier molecular flexibility index (Phi) is 4.96. The third-order valence-electron chi connectivity index (χ3n) is 3.42. The number of halogens is 1. The predicted octanol–water partition coefficient (Wildman–Crippen LogP) is 4.41. The topological polar surface area (TPSA) is 35.8 Å². The highest BCUT2D eigenvalue weighted by Crippen LogP contribution is 2.30. The van der Waals surface area contributed by atoms with Gasteiger partial charge in [-0.05, 0) is 43.7 Å². The summed E-state index contributed by atoms with van der Waals surface area (Å²) in [5.74, 6) is 0. The zero-order valence-electron chi connectivity index (χ0n) is 10.4. The van der Waals surface area contributed by atoms with Gasteiger partial charge in [0.1, 0.15) is 6.07 Å². The number of nitrogens with zero attached hydrogens (tertiary/aromatic N) is 1. The van der Waals surface area contributed by atoms with E-state index >= 15 is 0 Å². The molecule has 0 aromatic heterocycles. The number of rotatable bonds is 3. The smallest absolute Gasteiger partial charge is 0.101 e. The number of hydrogen-bond acceptors (Lipinski definition) is 3. The van der Waals surface area contributed by atoms with Crippen molar-refractivity contribution in [2.75, 3.05) is 11.6 Å². The van der Waals surface area contributed by atoms with E-state index in [2.05, 4.69) is 33.6 Å². The Morgan fingerprint density at radius 3 is 3.00 bits per heavy atom. The Balaban J connectivity index is 2.09. The fourth-order valence-corrected chi connectivity index (χ4v) is 3.63. The van der Waals surface area contributed by atoms with E-state index in [1.54, 1.807) is 0 Å². The molecule has 0 bridgehead atoms. The molecule has 18 heavy (non-hydrogen) atoms. The molecule has 2 atom stereocenters. The largest absolute Gasteiger partial charge is 0.381 e. The molecule has 1 aromatic rings. The first-order chi connectivity index (χ1) is 8.72. The first-order valence-corrected chi connectivity index (χ1v) is 8.30. The summed E-state index contributed by atoms with van der Waals surface area (Å²) in [6, 6.07) is 8.52. The van der Waals surface area contributed by atoms with Gasteiger partial charge in [-0.1, -0.05) is 22.4 Å². The highest BCUT2D eigenvalue weighted by atomic mass is 79.9. The normalized spacial score (nSPS) is 23.4. The summed E-state index contributed by atoms with van der Waals surface area (Å²) >= 11 is 5.42. The lowest BCUT2D eigenvalue weighted by molar-refractivity contribution is 0.473. The first kappa shape index (κ1) is 13.8. The Bertz CT molecular complexity index is 456. The molecule has 0 radical (unpaired) electrons. The fraction of sp³-hybridized carbons (Fsp3) is 0.500. The minimum Gasteiger partial charge on any atom is -0.381 e. The number of hydrogen-bond donors (Lipinski definition) is 1. The van der Waals surface area contributed by atoms with Crippen molar-refractivity contribution in [2.24, 2.45) is 0 Å². The molecule has 0 saturated heterocycles. The van der Waals surface area contributed by atoms with Crippen LogP contribution >= 0.6 is 27.7 Å². The molecule has 96 valence electrons. The third-order valence-corrected chi connectivity index (χ3v) is 5.01. The van der Waals surface area contributed by atoms with Gasteiger partial charge in [-0.15, -0.1) is 0 Å². The number of nitrogens with one attached hydrogen (secondary N) is 1. The molecule has 0 amide bonds. The second kappa shape index (κ2) is 6.49. The highest BCUT2D eigenvalue weighted by Gasteiger charge is 2.21. The fourth-order valence-electron chi connectivity index (χ4n) is 2.44. The minimum atomic E-state index is 0.498. The molecule has 1 fully saturated rings. The average molecular weight is 325 g/mol. The molecule has 4 heteroatoms. The van der Waals surface area contributed by atoms with E-state index in [9.17, 15) is 0 Å². The monoisotopic (exact) mass is 324 g/mol. The van der Waals surface area contributed by atoms with Crippen LogP contribution in [0.25, 0.3) is 0 Å². The summed E-state index contributed by atoms with van der Waals surface area (Å²) in [7, 11) is 0. The molecule has 0 spiro atoms. The van der Waals surface area contributed by atoms with Gasteiger partial charge >= 0.3 is 0 Å². The second-order valence-corrected chi connectivity index (χ2v) is 6.72. The van der Waals surface area contributed by atoms with Crippen molar-refractivity contribution in [2.45, 2.75) is 37.0 Å². The molecule has 2 rings (SSSR count). The minimum absolute atomic E-state index is 0.498. The van der Waals surface area contributed by atoms with Crippen LogP contribution in [-0.4, -0.2) is 17.5 Å². The van der Waals surface area contributed by atoms with Crippen LogP contribution in [0.4, 0.5) is 5.69 Å². The Labute approximate surface area is 121 Å². The van der Waals surface area contributed by atoms with Crippen LogP contribution in [-0.2, 0) is 0 Å². The summed E-state index contributed by atoms with van der Waals surface area (Å²) in [5.41, 5.74) is 1.68. The second-order valence-electron chi connectivity index (χ2n) is 4.67. The zero-order valence-corrected chi connectivity index (χ0v) is 12.9. The summed E-state index contributed by atoms with van der Waals surface area (Å²) in [4.78, 5) is 0. The van der Waals surface area contributed by atoms with Gasteiger partial charge in [-0.3, -0.25) is 0 Å². The van der Waals surface area contributed by atoms with E-state index in [1.165, 1.54) is 25.7 Å². The van der Waals surface area contributed by atoms with Gasteiger partial charge < -0.3 is 5.32 Å². The maximum atomic E-state index is 9.13. The quantitative estimate of drug-likeness (QED) is 0.894. The highest BCUT2D eigenvalue weighted by molar-refractivity contribution is 9.10. The van der Waals surface area contributed by atoms with Crippen LogP contribution in [0, 0.1) is 11.3 Å². The van der Waals surface area contributed by atoms with Crippen molar-refractivity contribution in [1.82, 2.24) is 0 Å². The maximum absolute atomic E-state index is 9.13. The molecule has 0 heterocycles. The molecule has 2 nitrogen and oxygen atoms in total. The lowest BCUT2D eigenvalue weighted by Crippen LogP contribution is -2.28. The Morgan fingerprint density at radius 2 is 2.28 bits per heavy atom. The van der Waals surface area contributed by atoms with Gasteiger partial charge in [-0.2, -0.15) is 17.0 Å². The Hall–Kier alpha value is -0.660. The molecule has 1 aliphatic carbocycles. The first-order valence-electron chi connectivity index (χ1n) is 6.22. The van der Waals surface area contributed by atoms with E-state index in [-0.39, 0.29) is 0 Å². The van der Waals surface area contributed by atoms with Gasteiger partial charge in [0.25, 0.3) is 0 Å². The summed E-state index contributed by atoms with van der Waals surface area (Å²) < 4.78 is 1.02. The molecular weight excluding hydrogens is 308 g/mol. The van der Waals surface area contributed by atoms with Crippen LogP contribution in [0.3, 0.4) is 0 Å². The van der Waals surface area contributed by atoms with Gasteiger partial charge in [0.15, 0.2) is 0 Å².